The van der Waals surface area contributed by atoms with Gasteiger partial charge in [0.15, 0.2) is 0 Å². The van der Waals surface area contributed by atoms with E-state index in [9.17, 15) is 29.4 Å². The topological polar surface area (TPSA) is 171 Å². The zero-order valence-corrected chi connectivity index (χ0v) is 16.8. The fourth-order valence-electron chi connectivity index (χ4n) is 2.11. The third-order valence-corrected chi connectivity index (χ3v) is 3.98. The number of aliphatic carboxylic acids is 1. The van der Waals surface area contributed by atoms with E-state index in [0.717, 1.165) is 0 Å². The van der Waals surface area contributed by atoms with E-state index in [2.05, 4.69) is 28.6 Å². The molecule has 27 heavy (non-hydrogen) atoms. The van der Waals surface area contributed by atoms with Crippen LogP contribution in [0.25, 0.3) is 0 Å². The summed E-state index contributed by atoms with van der Waals surface area (Å²) in [5.41, 5.74) is 5.43. The second-order valence-corrected chi connectivity index (χ2v) is 7.15. The SMILES string of the molecule is CC(C)CC(NC(=O)C(CS)NC(=O)C(NC(=O)C(C)N)C(C)O)C(=O)O. The maximum absolute atomic E-state index is 12.4. The summed E-state index contributed by atoms with van der Waals surface area (Å²) in [7, 11) is 0. The van der Waals surface area contributed by atoms with Gasteiger partial charge in [0.1, 0.15) is 18.1 Å². The molecule has 0 spiro atoms. The predicted molar refractivity (Wildman–Crippen MR) is 102 cm³/mol. The molecule has 5 atom stereocenters. The van der Waals surface area contributed by atoms with Gasteiger partial charge >= 0.3 is 5.97 Å². The van der Waals surface area contributed by atoms with Crippen LogP contribution in [0, 0.1) is 5.92 Å². The summed E-state index contributed by atoms with van der Waals surface area (Å²) in [5, 5.41) is 26.0. The number of carboxylic acids is 1. The van der Waals surface area contributed by atoms with Crippen LogP contribution in [-0.2, 0) is 19.2 Å². The monoisotopic (exact) mass is 406 g/mol. The predicted octanol–water partition coefficient (Wildman–Crippen LogP) is -1.77. The molecule has 0 bridgehead atoms. The lowest BCUT2D eigenvalue weighted by atomic mass is 10.0. The fraction of sp³-hybridized carbons (Fsp3) is 0.750. The van der Waals surface area contributed by atoms with Crippen LogP contribution in [0.15, 0.2) is 0 Å². The number of carboxylic acid groups (broad SMARTS) is 1. The first-order valence-electron chi connectivity index (χ1n) is 8.59. The minimum absolute atomic E-state index is 0.0310. The summed E-state index contributed by atoms with van der Waals surface area (Å²) in [4.78, 5) is 47.6. The molecule has 0 aromatic carbocycles. The molecule has 0 radical (unpaired) electrons. The Morgan fingerprint density at radius 1 is 0.926 bits per heavy atom. The van der Waals surface area contributed by atoms with Crippen molar-refractivity contribution in [3.8, 4) is 0 Å². The van der Waals surface area contributed by atoms with Gasteiger partial charge in [0, 0.05) is 5.75 Å². The molecule has 10 nitrogen and oxygen atoms in total. The Bertz CT molecular complexity index is 541. The Labute approximate surface area is 164 Å². The number of nitrogens with one attached hydrogen (secondary N) is 3. The van der Waals surface area contributed by atoms with Gasteiger partial charge in [-0.25, -0.2) is 4.79 Å². The van der Waals surface area contributed by atoms with Gasteiger partial charge in [0.2, 0.25) is 17.7 Å². The molecule has 11 heteroatoms. The third kappa shape index (κ3) is 9.07. The van der Waals surface area contributed by atoms with Crippen molar-refractivity contribution < 1.29 is 29.4 Å². The number of thiol groups is 1. The number of aliphatic hydroxyl groups excluding tert-OH is 1. The number of hydrogen-bond acceptors (Lipinski definition) is 7. The molecule has 0 fully saturated rings. The number of amides is 3. The lowest BCUT2D eigenvalue weighted by Gasteiger charge is -2.25. The number of hydrogen-bond donors (Lipinski definition) is 7. The van der Waals surface area contributed by atoms with Gasteiger partial charge in [-0.3, -0.25) is 14.4 Å². The van der Waals surface area contributed by atoms with E-state index in [-0.39, 0.29) is 18.1 Å². The minimum atomic E-state index is -1.33. The molecule has 0 rings (SSSR count). The van der Waals surface area contributed by atoms with Crippen molar-refractivity contribution in [1.82, 2.24) is 16.0 Å². The van der Waals surface area contributed by atoms with Gasteiger partial charge in [-0.15, -0.1) is 0 Å². The third-order valence-electron chi connectivity index (χ3n) is 3.61. The molecular formula is C16H30N4O6S. The summed E-state index contributed by atoms with van der Waals surface area (Å²) in [6.45, 7) is 6.34. The van der Waals surface area contributed by atoms with E-state index < -0.39 is 54.0 Å². The lowest BCUT2D eigenvalue weighted by molar-refractivity contribution is -0.142. The van der Waals surface area contributed by atoms with Crippen LogP contribution in [0.4, 0.5) is 0 Å². The molecule has 0 saturated carbocycles. The molecule has 156 valence electrons. The van der Waals surface area contributed by atoms with E-state index in [1.807, 2.05) is 13.8 Å². The Balaban J connectivity index is 5.09. The second-order valence-electron chi connectivity index (χ2n) is 6.79. The Morgan fingerprint density at radius 3 is 1.81 bits per heavy atom. The van der Waals surface area contributed by atoms with Crippen LogP contribution >= 0.6 is 12.6 Å². The average Bonchev–Trinajstić information content (AvgIpc) is 2.55. The van der Waals surface area contributed by atoms with Crippen molar-refractivity contribution >= 4 is 36.3 Å². The molecule has 0 aliphatic rings. The smallest absolute Gasteiger partial charge is 0.326 e. The number of nitrogens with two attached hydrogens (primary N) is 1. The molecular weight excluding hydrogens is 376 g/mol. The van der Waals surface area contributed by atoms with Crippen LogP contribution in [0.2, 0.25) is 0 Å². The maximum atomic E-state index is 12.4. The van der Waals surface area contributed by atoms with Crippen molar-refractivity contribution in [3.63, 3.8) is 0 Å². The molecule has 0 aliphatic heterocycles. The first kappa shape index (κ1) is 25.1. The van der Waals surface area contributed by atoms with Crippen molar-refractivity contribution in [2.45, 2.75) is 64.4 Å². The fourth-order valence-corrected chi connectivity index (χ4v) is 2.37. The van der Waals surface area contributed by atoms with Crippen molar-refractivity contribution in [3.05, 3.63) is 0 Å². The molecule has 5 unspecified atom stereocenters. The Kier molecular flexibility index (Phi) is 11.0. The normalized spacial score (nSPS) is 16.6. The van der Waals surface area contributed by atoms with E-state index >= 15 is 0 Å². The van der Waals surface area contributed by atoms with E-state index in [0.29, 0.717) is 0 Å². The highest BCUT2D eigenvalue weighted by molar-refractivity contribution is 7.80. The highest BCUT2D eigenvalue weighted by atomic mass is 32.1. The molecule has 0 saturated heterocycles. The summed E-state index contributed by atoms with van der Waals surface area (Å²) in [6.07, 6.45) is -1.03. The molecule has 0 aromatic rings. The van der Waals surface area contributed by atoms with Crippen LogP contribution in [0.1, 0.15) is 34.1 Å². The van der Waals surface area contributed by atoms with Crippen molar-refractivity contribution in [2.24, 2.45) is 11.7 Å². The number of rotatable bonds is 11. The van der Waals surface area contributed by atoms with Crippen LogP contribution in [0.5, 0.6) is 0 Å². The first-order valence-corrected chi connectivity index (χ1v) is 9.22. The summed E-state index contributed by atoms with van der Waals surface area (Å²) < 4.78 is 0. The Hall–Kier alpha value is -1.85. The zero-order chi connectivity index (χ0) is 21.3. The standard InChI is InChI=1S/C16H30N4O6S/c1-7(2)5-10(16(25)26)18-14(23)11(6-27)19-15(24)12(9(4)21)20-13(22)8(3)17/h7-12,21,27H,5-6,17H2,1-4H3,(H,18,23)(H,19,24)(H,20,22)(H,25,26). The van der Waals surface area contributed by atoms with Gasteiger partial charge in [0.25, 0.3) is 0 Å². The number of carbonyl (C=O) groups is 4. The highest BCUT2D eigenvalue weighted by Crippen LogP contribution is 2.06. The minimum Gasteiger partial charge on any atom is -0.480 e. The van der Waals surface area contributed by atoms with Gasteiger partial charge in [-0.1, -0.05) is 13.8 Å². The average molecular weight is 407 g/mol. The molecule has 3 amide bonds. The van der Waals surface area contributed by atoms with Crippen LogP contribution < -0.4 is 21.7 Å². The molecule has 0 aliphatic carbocycles. The first-order chi connectivity index (χ1) is 12.4. The lowest BCUT2D eigenvalue weighted by Crippen LogP contribution is -2.60. The molecule has 7 N–H and O–H groups in total. The van der Waals surface area contributed by atoms with Gasteiger partial charge < -0.3 is 31.9 Å². The number of carbonyl (C=O) groups excluding carboxylic acids is 3. The van der Waals surface area contributed by atoms with Crippen LogP contribution in [-0.4, -0.2) is 69.9 Å². The summed E-state index contributed by atoms with van der Waals surface area (Å²) in [5.74, 6) is -3.46. The van der Waals surface area contributed by atoms with Crippen LogP contribution in [0.3, 0.4) is 0 Å². The van der Waals surface area contributed by atoms with E-state index in [1.54, 1.807) is 0 Å². The number of aliphatic hydroxyl groups is 1. The van der Waals surface area contributed by atoms with Gasteiger partial charge in [-0.05, 0) is 26.2 Å². The maximum Gasteiger partial charge on any atom is 0.326 e. The Morgan fingerprint density at radius 2 is 1.44 bits per heavy atom. The van der Waals surface area contributed by atoms with Gasteiger partial charge in [0.05, 0.1) is 12.1 Å². The van der Waals surface area contributed by atoms with Crippen molar-refractivity contribution in [2.75, 3.05) is 5.75 Å². The summed E-state index contributed by atoms with van der Waals surface area (Å²) >= 11 is 4.00. The van der Waals surface area contributed by atoms with E-state index in [1.165, 1.54) is 13.8 Å². The molecule has 0 aromatic heterocycles. The highest BCUT2D eigenvalue weighted by Gasteiger charge is 2.31. The van der Waals surface area contributed by atoms with Crippen molar-refractivity contribution in [1.29, 1.82) is 0 Å². The zero-order valence-electron chi connectivity index (χ0n) is 15.9. The summed E-state index contributed by atoms with van der Waals surface area (Å²) in [6, 6.07) is -4.48. The molecule has 0 heterocycles. The largest absolute Gasteiger partial charge is 0.480 e. The quantitative estimate of drug-likeness (QED) is 0.199. The van der Waals surface area contributed by atoms with E-state index in [4.69, 9.17) is 5.73 Å². The second kappa shape index (κ2) is 11.8. The van der Waals surface area contributed by atoms with Gasteiger partial charge in [-0.2, -0.15) is 12.6 Å².